The minimum atomic E-state index is -0.159. The summed E-state index contributed by atoms with van der Waals surface area (Å²) < 4.78 is 0. The molecule has 0 saturated heterocycles. The molecule has 1 unspecified atom stereocenters. The lowest BCUT2D eigenvalue weighted by atomic mass is 9.96. The highest BCUT2D eigenvalue weighted by molar-refractivity contribution is 7.99. The molecule has 2 rings (SSSR count). The summed E-state index contributed by atoms with van der Waals surface area (Å²) in [5, 5.41) is 14.2. The van der Waals surface area contributed by atoms with Crippen molar-refractivity contribution in [3.8, 4) is 0 Å². The standard InChI is InChI=1S/C14H23N3OS/c1-3-7-16-14(9-18,12-4-5-12)10-19-13-15-8-6-11(2)17-13/h6,8,12,16,18H,3-5,7,9-10H2,1-2H3. The van der Waals surface area contributed by atoms with Crippen LogP contribution in [0, 0.1) is 12.8 Å². The van der Waals surface area contributed by atoms with Gasteiger partial charge in [0, 0.05) is 17.6 Å². The monoisotopic (exact) mass is 281 g/mol. The molecule has 0 aliphatic heterocycles. The maximum Gasteiger partial charge on any atom is 0.187 e. The van der Waals surface area contributed by atoms with Crippen molar-refractivity contribution >= 4 is 11.8 Å². The number of aryl methyl sites for hydroxylation is 1. The van der Waals surface area contributed by atoms with E-state index in [1.165, 1.54) is 12.8 Å². The summed E-state index contributed by atoms with van der Waals surface area (Å²) in [4.78, 5) is 8.69. The van der Waals surface area contributed by atoms with Crippen molar-refractivity contribution in [2.75, 3.05) is 18.9 Å². The Balaban J connectivity index is 1.99. The van der Waals surface area contributed by atoms with Crippen LogP contribution in [-0.2, 0) is 0 Å². The molecular formula is C14H23N3OS. The molecule has 0 amide bonds. The zero-order chi connectivity index (χ0) is 13.7. The molecule has 1 heterocycles. The van der Waals surface area contributed by atoms with Crippen molar-refractivity contribution in [3.63, 3.8) is 0 Å². The molecule has 106 valence electrons. The fourth-order valence-electron chi connectivity index (χ4n) is 2.24. The minimum absolute atomic E-state index is 0.159. The molecule has 1 atom stereocenters. The van der Waals surface area contributed by atoms with Gasteiger partial charge in [0.25, 0.3) is 0 Å². The molecule has 1 aliphatic carbocycles. The number of nitrogens with one attached hydrogen (secondary N) is 1. The van der Waals surface area contributed by atoms with Gasteiger partial charge in [-0.05, 0) is 44.7 Å². The molecule has 0 aromatic carbocycles. The summed E-state index contributed by atoms with van der Waals surface area (Å²) in [5.74, 6) is 1.43. The fourth-order valence-corrected chi connectivity index (χ4v) is 3.40. The van der Waals surface area contributed by atoms with Gasteiger partial charge < -0.3 is 10.4 Å². The van der Waals surface area contributed by atoms with Gasteiger partial charge in [0.2, 0.25) is 0 Å². The Morgan fingerprint density at radius 3 is 2.89 bits per heavy atom. The molecule has 4 nitrogen and oxygen atoms in total. The second kappa shape index (κ2) is 6.68. The number of rotatable bonds is 8. The van der Waals surface area contributed by atoms with E-state index in [0.29, 0.717) is 5.92 Å². The Hall–Kier alpha value is -0.650. The van der Waals surface area contributed by atoms with E-state index < -0.39 is 0 Å². The zero-order valence-corrected chi connectivity index (χ0v) is 12.5. The van der Waals surface area contributed by atoms with Gasteiger partial charge in [0.05, 0.1) is 12.1 Å². The number of hydrogen-bond donors (Lipinski definition) is 2. The average Bonchev–Trinajstić information content (AvgIpc) is 3.25. The molecule has 0 spiro atoms. The van der Waals surface area contributed by atoms with Gasteiger partial charge in [-0.3, -0.25) is 0 Å². The van der Waals surface area contributed by atoms with E-state index in [0.717, 1.165) is 29.6 Å². The Labute approximate surface area is 119 Å². The number of nitrogens with zero attached hydrogens (tertiary/aromatic N) is 2. The van der Waals surface area contributed by atoms with Crippen LogP contribution in [-0.4, -0.2) is 39.5 Å². The third-order valence-corrected chi connectivity index (χ3v) is 4.71. The summed E-state index contributed by atoms with van der Waals surface area (Å²) in [5.41, 5.74) is 0.827. The SMILES string of the molecule is CCCNC(CO)(CSc1nccc(C)n1)C1CC1. The summed E-state index contributed by atoms with van der Waals surface area (Å²) in [6, 6.07) is 1.90. The largest absolute Gasteiger partial charge is 0.394 e. The highest BCUT2D eigenvalue weighted by atomic mass is 32.2. The first-order valence-corrected chi connectivity index (χ1v) is 7.97. The van der Waals surface area contributed by atoms with Gasteiger partial charge in [-0.1, -0.05) is 18.7 Å². The lowest BCUT2D eigenvalue weighted by Gasteiger charge is -2.33. The van der Waals surface area contributed by atoms with Gasteiger partial charge in [0.15, 0.2) is 5.16 Å². The molecule has 1 saturated carbocycles. The fraction of sp³-hybridized carbons (Fsp3) is 0.714. The number of aliphatic hydroxyl groups is 1. The van der Waals surface area contributed by atoms with Crippen molar-refractivity contribution in [2.45, 2.75) is 43.8 Å². The predicted molar refractivity (Wildman–Crippen MR) is 78.3 cm³/mol. The molecule has 5 heteroatoms. The molecule has 1 aromatic rings. The number of thioether (sulfide) groups is 1. The molecule has 2 N–H and O–H groups in total. The zero-order valence-electron chi connectivity index (χ0n) is 11.7. The Bertz CT molecular complexity index is 411. The quantitative estimate of drug-likeness (QED) is 0.564. The highest BCUT2D eigenvalue weighted by Gasteiger charge is 2.44. The van der Waals surface area contributed by atoms with Crippen LogP contribution in [0.25, 0.3) is 0 Å². The van der Waals surface area contributed by atoms with Crippen molar-refractivity contribution in [2.24, 2.45) is 5.92 Å². The first kappa shape index (κ1) is 14.8. The molecule has 1 aromatic heterocycles. The van der Waals surface area contributed by atoms with Crippen LogP contribution in [0.3, 0.4) is 0 Å². The molecule has 19 heavy (non-hydrogen) atoms. The Kier molecular flexibility index (Phi) is 5.19. The minimum Gasteiger partial charge on any atom is -0.394 e. The third-order valence-electron chi connectivity index (χ3n) is 3.60. The van der Waals surface area contributed by atoms with Crippen molar-refractivity contribution in [3.05, 3.63) is 18.0 Å². The summed E-state index contributed by atoms with van der Waals surface area (Å²) in [6.45, 7) is 5.27. The van der Waals surface area contributed by atoms with Crippen molar-refractivity contribution in [1.82, 2.24) is 15.3 Å². The number of aromatic nitrogens is 2. The molecule has 0 bridgehead atoms. The normalized spacial score (nSPS) is 18.3. The number of hydrogen-bond acceptors (Lipinski definition) is 5. The van der Waals surface area contributed by atoms with E-state index >= 15 is 0 Å². The Morgan fingerprint density at radius 2 is 2.32 bits per heavy atom. The second-order valence-corrected chi connectivity index (χ2v) is 6.23. The van der Waals surface area contributed by atoms with E-state index in [1.807, 2.05) is 13.0 Å². The third kappa shape index (κ3) is 3.91. The molecule has 1 fully saturated rings. The first-order chi connectivity index (χ1) is 9.20. The smallest absolute Gasteiger partial charge is 0.187 e. The van der Waals surface area contributed by atoms with Crippen molar-refractivity contribution in [1.29, 1.82) is 0 Å². The van der Waals surface area contributed by atoms with Crippen LogP contribution in [0.1, 0.15) is 31.9 Å². The van der Waals surface area contributed by atoms with Gasteiger partial charge in [-0.2, -0.15) is 0 Å². The van der Waals surface area contributed by atoms with Gasteiger partial charge in [0.1, 0.15) is 0 Å². The van der Waals surface area contributed by atoms with E-state index in [4.69, 9.17) is 0 Å². The lowest BCUT2D eigenvalue weighted by Crippen LogP contribution is -2.53. The van der Waals surface area contributed by atoms with E-state index in [1.54, 1.807) is 18.0 Å². The van der Waals surface area contributed by atoms with Crippen LogP contribution >= 0.6 is 11.8 Å². The summed E-state index contributed by atoms with van der Waals surface area (Å²) in [7, 11) is 0. The molecular weight excluding hydrogens is 258 g/mol. The second-order valence-electron chi connectivity index (χ2n) is 5.28. The molecule has 1 aliphatic rings. The maximum atomic E-state index is 9.83. The predicted octanol–water partition coefficient (Wildman–Crippen LogP) is 2.02. The summed E-state index contributed by atoms with van der Waals surface area (Å²) in [6.07, 6.45) is 5.31. The van der Waals surface area contributed by atoms with Gasteiger partial charge >= 0.3 is 0 Å². The first-order valence-electron chi connectivity index (χ1n) is 6.98. The van der Waals surface area contributed by atoms with Crippen molar-refractivity contribution < 1.29 is 5.11 Å². The van der Waals surface area contributed by atoms with E-state index in [-0.39, 0.29) is 12.1 Å². The van der Waals surface area contributed by atoms with Crippen LogP contribution < -0.4 is 5.32 Å². The van der Waals surface area contributed by atoms with Crippen LogP contribution in [0.2, 0.25) is 0 Å². The Morgan fingerprint density at radius 1 is 1.53 bits per heavy atom. The maximum absolute atomic E-state index is 9.83. The average molecular weight is 281 g/mol. The summed E-state index contributed by atoms with van der Waals surface area (Å²) >= 11 is 1.64. The molecule has 0 radical (unpaired) electrons. The lowest BCUT2D eigenvalue weighted by molar-refractivity contribution is 0.159. The van der Waals surface area contributed by atoms with Gasteiger partial charge in [-0.25, -0.2) is 9.97 Å². The number of aliphatic hydroxyl groups excluding tert-OH is 1. The van der Waals surface area contributed by atoms with E-state index in [9.17, 15) is 5.11 Å². The highest BCUT2D eigenvalue weighted by Crippen LogP contribution is 2.41. The van der Waals surface area contributed by atoms with E-state index in [2.05, 4.69) is 22.2 Å². The van der Waals surface area contributed by atoms with Crippen LogP contribution in [0.4, 0.5) is 0 Å². The van der Waals surface area contributed by atoms with Gasteiger partial charge in [-0.15, -0.1) is 0 Å². The van der Waals surface area contributed by atoms with Crippen LogP contribution in [0.5, 0.6) is 0 Å². The topological polar surface area (TPSA) is 58.0 Å². The van der Waals surface area contributed by atoms with Crippen LogP contribution in [0.15, 0.2) is 17.4 Å².